The Bertz CT molecular complexity index is 1790. The lowest BCUT2D eigenvalue weighted by Crippen LogP contribution is -2.59. The van der Waals surface area contributed by atoms with Gasteiger partial charge in [0.1, 0.15) is 23.3 Å². The summed E-state index contributed by atoms with van der Waals surface area (Å²) in [5.41, 5.74) is 1.96. The summed E-state index contributed by atoms with van der Waals surface area (Å²) in [6.07, 6.45) is 4.86. The number of aromatic nitrogens is 2. The van der Waals surface area contributed by atoms with Crippen molar-refractivity contribution in [1.82, 2.24) is 28.8 Å². The SMILES string of the molecule is CC(C(=O)NC(C(=O)N1CCC2C1C(c1cn3cccc(-c4ccccc4)c3n1)CN2S(C)(=O)=O)C(C)(C)C)N(C)C(=O)OC(C)(C)C. The standard InChI is InChI=1S/C35H48N6O6S/c1-22(38(8)33(44)47-35(5,6)7)31(42)37-29(34(2,3)4)32(43)40-19-17-27-28(40)25(20-41(27)48(9,45)46)26-21-39-18-13-16-24(30(39)36-26)23-14-11-10-12-15-23/h10-16,18,21-22,25,27-29H,17,19-20H2,1-9H3,(H,37,42). The molecule has 2 aliphatic heterocycles. The van der Waals surface area contributed by atoms with Crippen LogP contribution in [-0.2, 0) is 24.3 Å². The molecular formula is C35H48N6O6S. The lowest BCUT2D eigenvalue weighted by atomic mass is 9.85. The Morgan fingerprint density at radius 3 is 2.31 bits per heavy atom. The Labute approximate surface area is 283 Å². The van der Waals surface area contributed by atoms with Gasteiger partial charge >= 0.3 is 6.09 Å². The second-order valence-corrected chi connectivity index (χ2v) is 17.0. The molecule has 0 saturated carbocycles. The summed E-state index contributed by atoms with van der Waals surface area (Å²) in [7, 11) is -2.11. The van der Waals surface area contributed by atoms with E-state index in [0.717, 1.165) is 16.8 Å². The van der Waals surface area contributed by atoms with Crippen LogP contribution in [0.4, 0.5) is 4.79 Å². The number of carbonyl (C=O) groups excluding carboxylic acids is 3. The van der Waals surface area contributed by atoms with Crippen LogP contribution in [0.3, 0.4) is 0 Å². The van der Waals surface area contributed by atoms with E-state index in [-0.39, 0.29) is 12.5 Å². The summed E-state index contributed by atoms with van der Waals surface area (Å²) in [4.78, 5) is 48.8. The maximum absolute atomic E-state index is 14.5. The molecule has 12 nitrogen and oxygen atoms in total. The molecule has 260 valence electrons. The number of ether oxygens (including phenoxy) is 1. The molecule has 2 aromatic heterocycles. The van der Waals surface area contributed by atoms with Gasteiger partial charge in [0.15, 0.2) is 0 Å². The van der Waals surface area contributed by atoms with Gasteiger partial charge in [0.05, 0.1) is 18.0 Å². The van der Waals surface area contributed by atoms with Gasteiger partial charge in [-0.1, -0.05) is 51.1 Å². The molecule has 5 unspecified atom stereocenters. The monoisotopic (exact) mass is 680 g/mol. The number of hydrogen-bond donors (Lipinski definition) is 1. The quantitative estimate of drug-likeness (QED) is 0.397. The van der Waals surface area contributed by atoms with E-state index in [9.17, 15) is 22.8 Å². The number of imidazole rings is 1. The van der Waals surface area contributed by atoms with E-state index in [0.29, 0.717) is 18.7 Å². The molecule has 3 amide bonds. The molecule has 4 heterocycles. The van der Waals surface area contributed by atoms with Gasteiger partial charge in [0.25, 0.3) is 0 Å². The van der Waals surface area contributed by atoms with Gasteiger partial charge in [-0.25, -0.2) is 18.2 Å². The van der Waals surface area contributed by atoms with E-state index >= 15 is 0 Å². The van der Waals surface area contributed by atoms with E-state index < -0.39 is 63.1 Å². The van der Waals surface area contributed by atoms with Crippen LogP contribution in [0.15, 0.2) is 54.9 Å². The molecular weight excluding hydrogens is 632 g/mol. The second kappa shape index (κ2) is 12.8. The van der Waals surface area contributed by atoms with Gasteiger partial charge in [-0.15, -0.1) is 0 Å². The number of benzene rings is 1. The topological polar surface area (TPSA) is 134 Å². The summed E-state index contributed by atoms with van der Waals surface area (Å²) in [5, 5.41) is 2.92. The number of pyridine rings is 1. The molecule has 0 aliphatic carbocycles. The van der Waals surface area contributed by atoms with Crippen molar-refractivity contribution < 1.29 is 27.5 Å². The van der Waals surface area contributed by atoms with Crippen molar-refractivity contribution >= 4 is 33.6 Å². The molecule has 5 atom stereocenters. The first-order valence-corrected chi connectivity index (χ1v) is 18.2. The molecule has 2 saturated heterocycles. The van der Waals surface area contributed by atoms with Gasteiger partial charge in [-0.05, 0) is 57.2 Å². The number of nitrogens with zero attached hydrogens (tertiary/aromatic N) is 5. The fraction of sp³-hybridized carbons (Fsp3) is 0.543. The van der Waals surface area contributed by atoms with E-state index in [1.807, 2.05) is 80.0 Å². The van der Waals surface area contributed by atoms with E-state index in [1.54, 1.807) is 32.6 Å². The molecule has 0 spiro atoms. The molecule has 48 heavy (non-hydrogen) atoms. The third kappa shape index (κ3) is 7.07. The summed E-state index contributed by atoms with van der Waals surface area (Å²) in [5.74, 6) is -1.19. The highest BCUT2D eigenvalue weighted by Gasteiger charge is 2.55. The summed E-state index contributed by atoms with van der Waals surface area (Å²) < 4.78 is 35.0. The minimum absolute atomic E-state index is 0.187. The normalized spacial score (nSPS) is 21.5. The van der Waals surface area contributed by atoms with Gasteiger partial charge in [-0.3, -0.25) is 14.5 Å². The smallest absolute Gasteiger partial charge is 0.410 e. The Morgan fingerprint density at radius 2 is 1.71 bits per heavy atom. The van der Waals surface area contributed by atoms with Gasteiger partial charge < -0.3 is 19.4 Å². The van der Waals surface area contributed by atoms with Crippen molar-refractivity contribution in [3.05, 3.63) is 60.6 Å². The lowest BCUT2D eigenvalue weighted by molar-refractivity contribution is -0.141. The van der Waals surface area contributed by atoms with Crippen molar-refractivity contribution in [3.8, 4) is 11.1 Å². The van der Waals surface area contributed by atoms with Crippen LogP contribution in [0.2, 0.25) is 0 Å². The first kappa shape index (κ1) is 35.3. The number of carbonyl (C=O) groups is 3. The predicted molar refractivity (Wildman–Crippen MR) is 184 cm³/mol. The number of hydrogen-bond acceptors (Lipinski definition) is 7. The van der Waals surface area contributed by atoms with Crippen LogP contribution in [0.1, 0.15) is 66.5 Å². The number of fused-ring (bicyclic) bond motifs is 2. The summed E-state index contributed by atoms with van der Waals surface area (Å²) in [6.45, 7) is 12.9. The van der Waals surface area contributed by atoms with E-state index in [4.69, 9.17) is 9.72 Å². The van der Waals surface area contributed by atoms with Crippen LogP contribution in [0.5, 0.6) is 0 Å². The third-order valence-corrected chi connectivity index (χ3v) is 10.6. The molecule has 1 N–H and O–H groups in total. The van der Waals surface area contributed by atoms with E-state index in [1.165, 1.54) is 22.5 Å². The average molecular weight is 681 g/mol. The summed E-state index contributed by atoms with van der Waals surface area (Å²) in [6, 6.07) is 11.1. The first-order valence-electron chi connectivity index (χ1n) is 16.3. The molecule has 13 heteroatoms. The number of likely N-dealkylation sites (tertiary alicyclic amines) is 1. The zero-order valence-electron chi connectivity index (χ0n) is 29.3. The van der Waals surface area contributed by atoms with Crippen LogP contribution in [0.25, 0.3) is 16.8 Å². The maximum Gasteiger partial charge on any atom is 0.410 e. The number of sulfonamides is 1. The number of rotatable bonds is 7. The van der Waals surface area contributed by atoms with Crippen LogP contribution in [0, 0.1) is 5.41 Å². The zero-order chi connectivity index (χ0) is 35.3. The molecule has 2 aliphatic rings. The largest absolute Gasteiger partial charge is 0.444 e. The Kier molecular flexibility index (Phi) is 9.43. The number of likely N-dealkylation sites (N-methyl/N-ethyl adjacent to an activating group) is 1. The zero-order valence-corrected chi connectivity index (χ0v) is 30.1. The van der Waals surface area contributed by atoms with Crippen molar-refractivity contribution in [2.75, 3.05) is 26.4 Å². The fourth-order valence-corrected chi connectivity index (χ4v) is 7.90. The predicted octanol–water partition coefficient (Wildman–Crippen LogP) is 4.12. The lowest BCUT2D eigenvalue weighted by Gasteiger charge is -2.38. The van der Waals surface area contributed by atoms with E-state index in [2.05, 4.69) is 5.32 Å². The molecule has 3 aromatic rings. The van der Waals surface area contributed by atoms with Gasteiger partial charge in [0.2, 0.25) is 21.8 Å². The fourth-order valence-electron chi connectivity index (χ4n) is 6.74. The van der Waals surface area contributed by atoms with Gasteiger partial charge in [0, 0.05) is 50.1 Å². The first-order chi connectivity index (χ1) is 22.3. The minimum atomic E-state index is -3.60. The Hall–Kier alpha value is -3.97. The average Bonchev–Trinajstić information content (AvgIpc) is 3.71. The van der Waals surface area contributed by atoms with Crippen LogP contribution < -0.4 is 5.32 Å². The van der Waals surface area contributed by atoms with Crippen molar-refractivity contribution in [3.63, 3.8) is 0 Å². The Balaban J connectivity index is 1.46. The third-order valence-electron chi connectivity index (χ3n) is 9.30. The highest BCUT2D eigenvalue weighted by molar-refractivity contribution is 7.88. The molecule has 5 rings (SSSR count). The molecule has 0 radical (unpaired) electrons. The second-order valence-electron chi connectivity index (χ2n) is 15.1. The molecule has 0 bridgehead atoms. The van der Waals surface area contributed by atoms with Crippen molar-refractivity contribution in [1.29, 1.82) is 0 Å². The highest BCUT2D eigenvalue weighted by atomic mass is 32.2. The Morgan fingerprint density at radius 1 is 1.04 bits per heavy atom. The van der Waals surface area contributed by atoms with Crippen molar-refractivity contribution in [2.24, 2.45) is 5.41 Å². The molecule has 1 aromatic carbocycles. The van der Waals surface area contributed by atoms with Crippen LogP contribution in [-0.4, -0.2) is 106 Å². The maximum atomic E-state index is 14.5. The summed E-state index contributed by atoms with van der Waals surface area (Å²) >= 11 is 0. The van der Waals surface area contributed by atoms with Crippen LogP contribution >= 0.6 is 0 Å². The van der Waals surface area contributed by atoms with Gasteiger partial charge in [-0.2, -0.15) is 4.31 Å². The number of nitrogens with one attached hydrogen (secondary N) is 1. The molecule has 2 fully saturated rings. The minimum Gasteiger partial charge on any atom is -0.444 e. The highest BCUT2D eigenvalue weighted by Crippen LogP contribution is 2.43. The van der Waals surface area contributed by atoms with Crippen molar-refractivity contribution in [2.45, 2.75) is 90.6 Å². The number of amides is 3.